The molecule has 0 heterocycles. The lowest BCUT2D eigenvalue weighted by Crippen LogP contribution is -2.08. The molecule has 1 aliphatic carbocycles. The molecule has 0 fully saturated rings. The second-order valence-corrected chi connectivity index (χ2v) is 5.35. The van der Waals surface area contributed by atoms with Crippen molar-refractivity contribution in [3.63, 3.8) is 0 Å². The lowest BCUT2D eigenvalue weighted by molar-refractivity contribution is -0.136. The summed E-state index contributed by atoms with van der Waals surface area (Å²) in [5.74, 6) is -1.03. The molecule has 2 aromatic carbocycles. The molecule has 0 saturated carbocycles. The van der Waals surface area contributed by atoms with Crippen molar-refractivity contribution in [2.75, 3.05) is 0 Å². The van der Waals surface area contributed by atoms with Crippen LogP contribution in [0.25, 0.3) is 11.1 Å². The summed E-state index contributed by atoms with van der Waals surface area (Å²) in [4.78, 5) is 22.6. The number of carbonyl (C=O) groups is 2. The zero-order chi connectivity index (χ0) is 14.8. The van der Waals surface area contributed by atoms with E-state index in [0.717, 1.165) is 12.8 Å². The van der Waals surface area contributed by atoms with Crippen molar-refractivity contribution >= 4 is 11.8 Å². The van der Waals surface area contributed by atoms with Crippen LogP contribution in [-0.2, 0) is 17.6 Å². The van der Waals surface area contributed by atoms with Gasteiger partial charge in [0.25, 0.3) is 0 Å². The van der Waals surface area contributed by atoms with Gasteiger partial charge in [-0.25, -0.2) is 0 Å². The molecule has 1 N–H and O–H groups in total. The molecule has 1 aliphatic rings. The molecule has 106 valence electrons. The van der Waals surface area contributed by atoms with E-state index in [0.29, 0.717) is 5.56 Å². The SMILES string of the molecule is O=C(O)CCC(=O)c1ccc2c(c1)CCc1ccccc1-2. The Balaban J connectivity index is 1.90. The first-order valence-electron chi connectivity index (χ1n) is 7.11. The van der Waals surface area contributed by atoms with Crippen LogP contribution in [0.3, 0.4) is 0 Å². The third-order valence-electron chi connectivity index (χ3n) is 3.96. The van der Waals surface area contributed by atoms with Gasteiger partial charge < -0.3 is 5.11 Å². The highest BCUT2D eigenvalue weighted by Gasteiger charge is 2.17. The van der Waals surface area contributed by atoms with Crippen LogP contribution >= 0.6 is 0 Å². The molecule has 0 aliphatic heterocycles. The van der Waals surface area contributed by atoms with Crippen LogP contribution in [0, 0.1) is 0 Å². The summed E-state index contributed by atoms with van der Waals surface area (Å²) in [6.07, 6.45) is 1.85. The molecular weight excluding hydrogens is 264 g/mol. The maximum Gasteiger partial charge on any atom is 0.303 e. The van der Waals surface area contributed by atoms with Crippen molar-refractivity contribution in [2.45, 2.75) is 25.7 Å². The van der Waals surface area contributed by atoms with E-state index >= 15 is 0 Å². The van der Waals surface area contributed by atoms with Gasteiger partial charge >= 0.3 is 5.97 Å². The minimum Gasteiger partial charge on any atom is -0.481 e. The third-order valence-corrected chi connectivity index (χ3v) is 3.96. The fraction of sp³-hybridized carbons (Fsp3) is 0.222. The first-order valence-corrected chi connectivity index (χ1v) is 7.11. The Labute approximate surface area is 123 Å². The number of benzene rings is 2. The van der Waals surface area contributed by atoms with E-state index in [-0.39, 0.29) is 18.6 Å². The molecule has 3 heteroatoms. The van der Waals surface area contributed by atoms with Crippen molar-refractivity contribution in [1.82, 2.24) is 0 Å². The van der Waals surface area contributed by atoms with E-state index < -0.39 is 5.97 Å². The van der Waals surface area contributed by atoms with Crippen LogP contribution in [0.4, 0.5) is 0 Å². The Kier molecular flexibility index (Phi) is 3.57. The van der Waals surface area contributed by atoms with Gasteiger partial charge in [-0.15, -0.1) is 0 Å². The Morgan fingerprint density at radius 2 is 1.62 bits per heavy atom. The second kappa shape index (κ2) is 5.52. The first-order chi connectivity index (χ1) is 10.1. The van der Waals surface area contributed by atoms with E-state index in [1.807, 2.05) is 30.3 Å². The number of Topliss-reactive ketones (excluding diaryl/α,β-unsaturated/α-hetero) is 1. The minimum absolute atomic E-state index is 0.0602. The van der Waals surface area contributed by atoms with Gasteiger partial charge in [-0.2, -0.15) is 0 Å². The zero-order valence-electron chi connectivity index (χ0n) is 11.6. The molecule has 0 unspecified atom stereocenters. The van der Waals surface area contributed by atoms with Gasteiger partial charge in [-0.1, -0.05) is 36.4 Å². The summed E-state index contributed by atoms with van der Waals surface area (Å²) >= 11 is 0. The van der Waals surface area contributed by atoms with Crippen LogP contribution in [0.2, 0.25) is 0 Å². The van der Waals surface area contributed by atoms with Crippen molar-refractivity contribution in [1.29, 1.82) is 0 Å². The minimum atomic E-state index is -0.935. The van der Waals surface area contributed by atoms with Crippen molar-refractivity contribution in [2.24, 2.45) is 0 Å². The third kappa shape index (κ3) is 2.72. The lowest BCUT2D eigenvalue weighted by Gasteiger charge is -2.20. The first kappa shape index (κ1) is 13.6. The standard InChI is InChI=1S/C18H16O3/c19-17(9-10-18(20)21)14-7-8-16-13(11-14)6-5-12-3-1-2-4-15(12)16/h1-4,7-8,11H,5-6,9-10H2,(H,20,21). The Hall–Kier alpha value is -2.42. The molecule has 0 saturated heterocycles. The summed E-state index contributed by atoms with van der Waals surface area (Å²) in [5.41, 5.74) is 5.56. The zero-order valence-corrected chi connectivity index (χ0v) is 11.6. The fourth-order valence-electron chi connectivity index (χ4n) is 2.87. The van der Waals surface area contributed by atoms with Gasteiger partial charge in [0, 0.05) is 12.0 Å². The quantitative estimate of drug-likeness (QED) is 0.872. The van der Waals surface area contributed by atoms with Crippen LogP contribution in [0.1, 0.15) is 34.3 Å². The number of fused-ring (bicyclic) bond motifs is 3. The molecule has 2 aromatic rings. The van der Waals surface area contributed by atoms with Gasteiger partial charge in [-0.05, 0) is 41.2 Å². The smallest absolute Gasteiger partial charge is 0.303 e. The van der Waals surface area contributed by atoms with Gasteiger partial charge in [0.15, 0.2) is 5.78 Å². The Morgan fingerprint density at radius 3 is 2.43 bits per heavy atom. The van der Waals surface area contributed by atoms with E-state index in [1.54, 1.807) is 0 Å². The van der Waals surface area contributed by atoms with Crippen molar-refractivity contribution < 1.29 is 14.7 Å². The number of hydrogen-bond donors (Lipinski definition) is 1. The highest BCUT2D eigenvalue weighted by molar-refractivity contribution is 5.98. The number of carboxylic acid groups (broad SMARTS) is 1. The molecule has 0 atom stereocenters. The molecule has 0 bridgehead atoms. The molecule has 0 amide bonds. The van der Waals surface area contributed by atoms with E-state index in [4.69, 9.17) is 5.11 Å². The number of hydrogen-bond acceptors (Lipinski definition) is 2. The lowest BCUT2D eigenvalue weighted by atomic mass is 9.84. The number of aliphatic carboxylic acids is 1. The normalized spacial score (nSPS) is 12.4. The molecule has 3 nitrogen and oxygen atoms in total. The summed E-state index contributed by atoms with van der Waals surface area (Å²) in [5, 5.41) is 8.66. The van der Waals surface area contributed by atoms with Gasteiger partial charge in [0.2, 0.25) is 0 Å². The van der Waals surface area contributed by atoms with Gasteiger partial charge in [0.05, 0.1) is 6.42 Å². The van der Waals surface area contributed by atoms with E-state index in [9.17, 15) is 9.59 Å². The predicted octanol–water partition coefficient (Wildman–Crippen LogP) is 3.50. The van der Waals surface area contributed by atoms with Crippen LogP contribution < -0.4 is 0 Å². The predicted molar refractivity (Wildman–Crippen MR) is 80.5 cm³/mol. The Bertz CT molecular complexity index is 716. The van der Waals surface area contributed by atoms with Gasteiger partial charge in [-0.3, -0.25) is 9.59 Å². The van der Waals surface area contributed by atoms with Gasteiger partial charge in [0.1, 0.15) is 0 Å². The molecule has 3 rings (SSSR count). The average Bonchev–Trinajstić information content (AvgIpc) is 2.51. The molecule has 0 aromatic heterocycles. The topological polar surface area (TPSA) is 54.4 Å². The maximum atomic E-state index is 12.0. The maximum absolute atomic E-state index is 12.0. The number of rotatable bonds is 4. The monoisotopic (exact) mass is 280 g/mol. The average molecular weight is 280 g/mol. The van der Waals surface area contributed by atoms with Crippen LogP contribution in [0.15, 0.2) is 42.5 Å². The number of carbonyl (C=O) groups excluding carboxylic acids is 1. The number of carboxylic acids is 1. The highest BCUT2D eigenvalue weighted by atomic mass is 16.4. The largest absolute Gasteiger partial charge is 0.481 e. The van der Waals surface area contributed by atoms with Crippen molar-refractivity contribution in [3.05, 3.63) is 59.2 Å². The fourth-order valence-corrected chi connectivity index (χ4v) is 2.87. The molecule has 21 heavy (non-hydrogen) atoms. The summed E-state index contributed by atoms with van der Waals surface area (Å²) in [6, 6.07) is 14.1. The highest BCUT2D eigenvalue weighted by Crippen LogP contribution is 2.33. The summed E-state index contributed by atoms with van der Waals surface area (Å²) in [6.45, 7) is 0. The second-order valence-electron chi connectivity index (χ2n) is 5.35. The van der Waals surface area contributed by atoms with Crippen LogP contribution in [-0.4, -0.2) is 16.9 Å². The Morgan fingerprint density at radius 1 is 0.905 bits per heavy atom. The van der Waals surface area contributed by atoms with Crippen LogP contribution in [0.5, 0.6) is 0 Å². The molecule has 0 spiro atoms. The number of ketones is 1. The van der Waals surface area contributed by atoms with E-state index in [1.165, 1.54) is 22.3 Å². The molecule has 0 radical (unpaired) electrons. The summed E-state index contributed by atoms with van der Waals surface area (Å²) in [7, 11) is 0. The molecular formula is C18H16O3. The van der Waals surface area contributed by atoms with E-state index in [2.05, 4.69) is 12.1 Å². The summed E-state index contributed by atoms with van der Waals surface area (Å²) < 4.78 is 0. The van der Waals surface area contributed by atoms with Crippen molar-refractivity contribution in [3.8, 4) is 11.1 Å². The number of aryl methyl sites for hydroxylation is 2.